The number of fused-ring (bicyclic) bond motifs is 6. The highest BCUT2D eigenvalue weighted by Gasteiger charge is 2.54. The van der Waals surface area contributed by atoms with Crippen molar-refractivity contribution in [3.05, 3.63) is 59.0 Å². The van der Waals surface area contributed by atoms with E-state index in [9.17, 15) is 27.8 Å². The highest BCUT2D eigenvalue weighted by molar-refractivity contribution is 8.00. The normalized spacial score (nSPS) is 20.6. The van der Waals surface area contributed by atoms with Crippen LogP contribution >= 0.6 is 11.8 Å². The van der Waals surface area contributed by atoms with E-state index in [0.717, 1.165) is 11.1 Å². The third-order valence-electron chi connectivity index (χ3n) is 7.45. The summed E-state index contributed by atoms with van der Waals surface area (Å²) < 4.78 is 46.3. The molecule has 2 aromatic carbocycles. The molecule has 0 saturated carbocycles. The summed E-state index contributed by atoms with van der Waals surface area (Å²) in [6.45, 7) is 6.01. The van der Waals surface area contributed by atoms with Gasteiger partial charge in [-0.2, -0.15) is 0 Å². The SMILES string of the molecule is CC(=O)OCC1=C(C(=O)OC(C)(C)C)N2C(=O)C(NC(=O)COc3ccc4c(c3)S(=O)NCc3c-4[nH]c4ccc(F)cc34)C2SC1. The molecule has 1 saturated heterocycles. The summed E-state index contributed by atoms with van der Waals surface area (Å²) in [6, 6.07) is 8.48. The molecule has 0 radical (unpaired) electrons. The van der Waals surface area contributed by atoms with Crippen molar-refractivity contribution in [3.8, 4) is 17.0 Å². The quantitative estimate of drug-likeness (QED) is 0.254. The minimum absolute atomic E-state index is 0.0153. The van der Waals surface area contributed by atoms with Crippen LogP contribution in [0.15, 0.2) is 52.6 Å². The first-order chi connectivity index (χ1) is 21.8. The molecule has 12 nitrogen and oxygen atoms in total. The van der Waals surface area contributed by atoms with Crippen LogP contribution in [0, 0.1) is 5.82 Å². The van der Waals surface area contributed by atoms with Gasteiger partial charge in [-0.15, -0.1) is 11.8 Å². The second-order valence-electron chi connectivity index (χ2n) is 11.9. The number of thioether (sulfide) groups is 1. The van der Waals surface area contributed by atoms with Gasteiger partial charge < -0.3 is 24.5 Å². The monoisotopic (exact) mass is 670 g/mol. The van der Waals surface area contributed by atoms with Gasteiger partial charge in [0.15, 0.2) is 6.61 Å². The molecule has 6 rings (SSSR count). The van der Waals surface area contributed by atoms with Crippen LogP contribution in [0.4, 0.5) is 4.39 Å². The van der Waals surface area contributed by atoms with Crippen LogP contribution in [0.25, 0.3) is 22.2 Å². The van der Waals surface area contributed by atoms with Crippen molar-refractivity contribution in [2.75, 3.05) is 19.0 Å². The summed E-state index contributed by atoms with van der Waals surface area (Å²) in [5.41, 5.74) is 2.53. The predicted molar refractivity (Wildman–Crippen MR) is 167 cm³/mol. The van der Waals surface area contributed by atoms with Crippen LogP contribution in [0.5, 0.6) is 5.75 Å². The zero-order valence-corrected chi connectivity index (χ0v) is 27.0. The molecule has 1 aromatic heterocycles. The molecule has 3 aromatic rings. The lowest BCUT2D eigenvalue weighted by atomic mass is 10.0. The lowest BCUT2D eigenvalue weighted by Gasteiger charge is -2.49. The minimum Gasteiger partial charge on any atom is -0.484 e. The van der Waals surface area contributed by atoms with Crippen molar-refractivity contribution in [1.82, 2.24) is 19.9 Å². The smallest absolute Gasteiger partial charge is 0.355 e. The number of benzene rings is 2. The summed E-state index contributed by atoms with van der Waals surface area (Å²) >= 11 is 1.32. The Morgan fingerprint density at radius 2 is 1.96 bits per heavy atom. The number of ether oxygens (including phenoxy) is 3. The average molecular weight is 671 g/mol. The van der Waals surface area contributed by atoms with E-state index in [0.29, 0.717) is 27.1 Å². The fraction of sp³-hybridized carbons (Fsp3) is 0.355. The standard InChI is InChI=1S/C31H31FN4O8S2/c1-15(37)42-12-16-14-45-29-26(28(39)36(29)27(16)30(40)44-31(2,3)4)35-24(38)13-43-18-6-7-19-23(10-18)46(41)33-11-21-20-9-17(32)5-8-22(20)34-25(19)21/h5-10,26,29,33-34H,11-14H2,1-4H3,(H,35,38). The van der Waals surface area contributed by atoms with Gasteiger partial charge >= 0.3 is 11.9 Å². The fourth-order valence-electron chi connectivity index (χ4n) is 5.46. The largest absolute Gasteiger partial charge is 0.484 e. The second-order valence-corrected chi connectivity index (χ2v) is 14.3. The molecular formula is C31H31FN4O8S2. The number of esters is 2. The predicted octanol–water partition coefficient (Wildman–Crippen LogP) is 3.04. The number of aromatic amines is 1. The number of carbonyl (C=O) groups excluding carboxylic acids is 4. The Morgan fingerprint density at radius 1 is 1.17 bits per heavy atom. The highest BCUT2D eigenvalue weighted by atomic mass is 32.2. The number of amides is 2. The molecule has 2 amide bonds. The Bertz CT molecular complexity index is 1850. The molecule has 3 atom stereocenters. The summed E-state index contributed by atoms with van der Waals surface area (Å²) in [5, 5.41) is 2.80. The molecule has 46 heavy (non-hydrogen) atoms. The summed E-state index contributed by atoms with van der Waals surface area (Å²) in [6.07, 6.45) is 0. The maximum absolute atomic E-state index is 13.9. The van der Waals surface area contributed by atoms with E-state index in [4.69, 9.17) is 14.2 Å². The molecule has 3 aliphatic rings. The van der Waals surface area contributed by atoms with Crippen LogP contribution in [0.3, 0.4) is 0 Å². The molecule has 242 valence electrons. The number of carbonyl (C=O) groups is 4. The van der Waals surface area contributed by atoms with E-state index in [1.54, 1.807) is 45.0 Å². The van der Waals surface area contributed by atoms with Gasteiger partial charge in [-0.25, -0.2) is 18.1 Å². The number of nitrogens with zero attached hydrogens (tertiary/aromatic N) is 1. The van der Waals surface area contributed by atoms with Crippen molar-refractivity contribution < 1.29 is 42.0 Å². The molecule has 15 heteroatoms. The van der Waals surface area contributed by atoms with Crippen molar-refractivity contribution in [1.29, 1.82) is 0 Å². The van der Waals surface area contributed by atoms with Gasteiger partial charge in [-0.3, -0.25) is 19.3 Å². The lowest BCUT2D eigenvalue weighted by molar-refractivity contribution is -0.159. The second kappa shape index (κ2) is 12.2. The van der Waals surface area contributed by atoms with Crippen LogP contribution in [0.1, 0.15) is 33.3 Å². The van der Waals surface area contributed by atoms with Crippen LogP contribution in [-0.4, -0.2) is 73.8 Å². The van der Waals surface area contributed by atoms with E-state index >= 15 is 0 Å². The van der Waals surface area contributed by atoms with E-state index in [1.807, 2.05) is 0 Å². The number of β-lactam (4-membered cyclic amide) rings is 1. The van der Waals surface area contributed by atoms with Gasteiger partial charge in [-0.05, 0) is 57.2 Å². The molecule has 3 aliphatic heterocycles. The number of rotatable bonds is 7. The van der Waals surface area contributed by atoms with Gasteiger partial charge in [0.25, 0.3) is 11.8 Å². The van der Waals surface area contributed by atoms with Gasteiger partial charge in [0, 0.05) is 46.8 Å². The van der Waals surface area contributed by atoms with Crippen molar-refractivity contribution in [2.24, 2.45) is 0 Å². The Kier molecular flexibility index (Phi) is 8.42. The Morgan fingerprint density at radius 3 is 2.70 bits per heavy atom. The summed E-state index contributed by atoms with van der Waals surface area (Å²) in [5.74, 6) is -2.12. The first-order valence-electron chi connectivity index (χ1n) is 14.4. The van der Waals surface area contributed by atoms with Crippen molar-refractivity contribution >= 4 is 57.4 Å². The molecule has 3 N–H and O–H groups in total. The fourth-order valence-corrected chi connectivity index (χ4v) is 7.81. The first-order valence-corrected chi connectivity index (χ1v) is 16.6. The van der Waals surface area contributed by atoms with Gasteiger partial charge in [0.05, 0.1) is 10.6 Å². The zero-order chi connectivity index (χ0) is 32.9. The molecule has 0 spiro atoms. The average Bonchev–Trinajstić information content (AvgIpc) is 3.29. The lowest BCUT2D eigenvalue weighted by Crippen LogP contribution is -2.71. The zero-order valence-electron chi connectivity index (χ0n) is 25.4. The third-order valence-corrected chi connectivity index (χ3v) is 9.93. The topological polar surface area (TPSA) is 156 Å². The van der Waals surface area contributed by atoms with Gasteiger partial charge in [0.1, 0.15) is 51.9 Å². The number of nitrogens with one attached hydrogen (secondary N) is 3. The van der Waals surface area contributed by atoms with Crippen LogP contribution < -0.4 is 14.8 Å². The summed E-state index contributed by atoms with van der Waals surface area (Å²) in [4.78, 5) is 55.6. The maximum Gasteiger partial charge on any atom is 0.355 e. The van der Waals surface area contributed by atoms with E-state index < -0.39 is 58.4 Å². The van der Waals surface area contributed by atoms with E-state index in [1.165, 1.54) is 35.7 Å². The van der Waals surface area contributed by atoms with Crippen molar-refractivity contribution in [3.63, 3.8) is 0 Å². The highest BCUT2D eigenvalue weighted by Crippen LogP contribution is 2.41. The minimum atomic E-state index is -1.61. The number of halogens is 1. The van der Waals surface area contributed by atoms with E-state index in [-0.39, 0.29) is 36.2 Å². The Balaban J connectivity index is 1.14. The molecule has 4 heterocycles. The van der Waals surface area contributed by atoms with Gasteiger partial charge in [-0.1, -0.05) is 0 Å². The van der Waals surface area contributed by atoms with Crippen LogP contribution in [0.2, 0.25) is 0 Å². The number of hydrogen-bond acceptors (Lipinski definition) is 9. The Labute approximate surface area is 270 Å². The molecule has 0 aliphatic carbocycles. The number of hydrogen-bond donors (Lipinski definition) is 3. The maximum atomic E-state index is 13.9. The van der Waals surface area contributed by atoms with E-state index in [2.05, 4.69) is 15.0 Å². The molecule has 1 fully saturated rings. The number of H-pyrrole nitrogens is 1. The van der Waals surface area contributed by atoms with Crippen molar-refractivity contribution in [2.45, 2.75) is 56.2 Å². The number of aromatic nitrogens is 1. The summed E-state index contributed by atoms with van der Waals surface area (Å²) in [7, 11) is -1.61. The molecule has 0 bridgehead atoms. The Hall–Kier alpha value is -4.21. The molecule has 3 unspecified atom stereocenters. The first kappa shape index (κ1) is 31.8. The van der Waals surface area contributed by atoms with Gasteiger partial charge in [0.2, 0.25) is 0 Å². The third kappa shape index (κ3) is 6.13. The van der Waals surface area contributed by atoms with Crippen LogP contribution in [-0.2, 0) is 46.2 Å². The molecular weight excluding hydrogens is 639 g/mol.